The number of hydrogen-bond donors (Lipinski definition) is 1. The van der Waals surface area contributed by atoms with E-state index in [1.54, 1.807) is 11.3 Å². The van der Waals surface area contributed by atoms with Gasteiger partial charge in [-0.05, 0) is 27.2 Å². The Labute approximate surface area is 112 Å². The third-order valence-corrected chi connectivity index (χ3v) is 4.00. The van der Waals surface area contributed by atoms with Gasteiger partial charge in [-0.15, -0.1) is 11.3 Å². The third-order valence-electron chi connectivity index (χ3n) is 2.74. The van der Waals surface area contributed by atoms with Gasteiger partial charge in [0.15, 0.2) is 0 Å². The third kappa shape index (κ3) is 3.54. The van der Waals surface area contributed by atoms with E-state index in [0.29, 0.717) is 6.42 Å². The smallest absolute Gasteiger partial charge is 0.237 e. The second-order valence-electron chi connectivity index (χ2n) is 4.38. The van der Waals surface area contributed by atoms with Gasteiger partial charge in [-0.25, -0.2) is 4.98 Å². The van der Waals surface area contributed by atoms with Gasteiger partial charge in [-0.3, -0.25) is 4.79 Å². The Morgan fingerprint density at radius 1 is 1.56 bits per heavy atom. The maximum atomic E-state index is 11.9. The molecule has 2 unspecified atom stereocenters. The first-order valence-corrected chi connectivity index (χ1v) is 6.95. The predicted octanol–water partition coefficient (Wildman–Crippen LogP) is 2.88. The summed E-state index contributed by atoms with van der Waals surface area (Å²) in [6, 6.07) is 1.97. The maximum Gasteiger partial charge on any atom is 0.237 e. The minimum Gasteiger partial charge on any atom is -0.348 e. The Kier molecular flexibility index (Phi) is 5.29. The molecule has 1 amide bonds. The molecule has 0 aliphatic carbocycles. The molecule has 1 heterocycles. The molecule has 0 saturated heterocycles. The highest BCUT2D eigenvalue weighted by molar-refractivity contribution is 7.11. The lowest BCUT2D eigenvalue weighted by molar-refractivity contribution is -0.124. The van der Waals surface area contributed by atoms with Gasteiger partial charge < -0.3 is 5.32 Å². The van der Waals surface area contributed by atoms with Crippen molar-refractivity contribution >= 4 is 17.2 Å². The first kappa shape index (κ1) is 14.7. The maximum absolute atomic E-state index is 11.9. The van der Waals surface area contributed by atoms with Crippen molar-refractivity contribution in [3.63, 3.8) is 0 Å². The summed E-state index contributed by atoms with van der Waals surface area (Å²) in [5.74, 6) is -0.732. The molecule has 0 spiro atoms. The highest BCUT2D eigenvalue weighted by Crippen LogP contribution is 2.24. The van der Waals surface area contributed by atoms with Crippen LogP contribution in [0.1, 0.15) is 48.3 Å². The molecule has 18 heavy (non-hydrogen) atoms. The van der Waals surface area contributed by atoms with Gasteiger partial charge in [0.25, 0.3) is 0 Å². The zero-order valence-corrected chi connectivity index (χ0v) is 12.1. The van der Waals surface area contributed by atoms with Crippen LogP contribution in [0.4, 0.5) is 0 Å². The molecule has 0 bridgehead atoms. The van der Waals surface area contributed by atoms with Crippen molar-refractivity contribution in [1.29, 1.82) is 5.26 Å². The van der Waals surface area contributed by atoms with Crippen molar-refractivity contribution in [3.05, 3.63) is 15.6 Å². The van der Waals surface area contributed by atoms with Crippen LogP contribution in [0.15, 0.2) is 0 Å². The fourth-order valence-electron chi connectivity index (χ4n) is 1.87. The van der Waals surface area contributed by atoms with Crippen molar-refractivity contribution in [2.75, 3.05) is 0 Å². The molecule has 1 aromatic rings. The molecule has 4 nitrogen and oxygen atoms in total. The van der Waals surface area contributed by atoms with Crippen LogP contribution < -0.4 is 5.32 Å². The number of amides is 1. The van der Waals surface area contributed by atoms with E-state index in [4.69, 9.17) is 5.26 Å². The van der Waals surface area contributed by atoms with Crippen molar-refractivity contribution < 1.29 is 4.79 Å². The Balaban J connectivity index is 2.70. The fourth-order valence-corrected chi connectivity index (χ4v) is 2.80. The molecule has 1 rings (SSSR count). The summed E-state index contributed by atoms with van der Waals surface area (Å²) < 4.78 is 0. The summed E-state index contributed by atoms with van der Waals surface area (Å²) >= 11 is 1.59. The number of carbonyl (C=O) groups excluding carboxylic acids is 1. The summed E-state index contributed by atoms with van der Waals surface area (Å²) in [5, 5.41) is 12.8. The van der Waals surface area contributed by atoms with E-state index in [1.807, 2.05) is 27.7 Å². The van der Waals surface area contributed by atoms with Gasteiger partial charge in [0.1, 0.15) is 5.92 Å². The van der Waals surface area contributed by atoms with Crippen molar-refractivity contribution in [1.82, 2.24) is 10.3 Å². The van der Waals surface area contributed by atoms with Crippen LogP contribution in [0.2, 0.25) is 0 Å². The van der Waals surface area contributed by atoms with Gasteiger partial charge in [-0.1, -0.05) is 13.3 Å². The lowest BCUT2D eigenvalue weighted by Gasteiger charge is -2.15. The second-order valence-corrected chi connectivity index (χ2v) is 5.62. The van der Waals surface area contributed by atoms with Crippen LogP contribution in [0.3, 0.4) is 0 Å². The second kappa shape index (κ2) is 6.50. The summed E-state index contributed by atoms with van der Waals surface area (Å²) in [5.41, 5.74) is 0.953. The van der Waals surface area contributed by atoms with Gasteiger partial charge in [0, 0.05) is 4.88 Å². The number of hydrogen-bond acceptors (Lipinski definition) is 4. The van der Waals surface area contributed by atoms with Crippen molar-refractivity contribution in [2.45, 2.75) is 46.6 Å². The average molecular weight is 265 g/mol. The molecule has 0 aromatic carbocycles. The summed E-state index contributed by atoms with van der Waals surface area (Å²) in [6.07, 6.45) is 1.44. The number of carbonyl (C=O) groups is 1. The zero-order valence-electron chi connectivity index (χ0n) is 11.3. The standard InChI is InChI=1S/C13H19N3OS/c1-5-6-11(7-14)13(17)16-9(3)12-8(2)15-10(4)18-12/h9,11H,5-6H2,1-4H3,(H,16,17). The van der Waals surface area contributed by atoms with E-state index in [1.165, 1.54) is 0 Å². The fraction of sp³-hybridized carbons (Fsp3) is 0.615. The van der Waals surface area contributed by atoms with Crippen molar-refractivity contribution in [3.8, 4) is 6.07 Å². The largest absolute Gasteiger partial charge is 0.348 e. The molecule has 0 aliphatic heterocycles. The lowest BCUT2D eigenvalue weighted by atomic mass is 10.0. The molecule has 0 fully saturated rings. The minimum absolute atomic E-state index is 0.0867. The Bertz CT molecular complexity index is 461. The first-order chi connectivity index (χ1) is 8.49. The number of rotatable bonds is 5. The van der Waals surface area contributed by atoms with E-state index < -0.39 is 5.92 Å². The van der Waals surface area contributed by atoms with E-state index in [0.717, 1.165) is 22.0 Å². The average Bonchev–Trinajstić information content (AvgIpc) is 2.65. The zero-order chi connectivity index (χ0) is 13.7. The van der Waals surface area contributed by atoms with E-state index in [9.17, 15) is 4.79 Å². The monoisotopic (exact) mass is 265 g/mol. The number of nitrogens with one attached hydrogen (secondary N) is 1. The van der Waals surface area contributed by atoms with Crippen LogP contribution >= 0.6 is 11.3 Å². The lowest BCUT2D eigenvalue weighted by Crippen LogP contribution is -2.32. The van der Waals surface area contributed by atoms with E-state index >= 15 is 0 Å². The normalized spacial score (nSPS) is 13.7. The number of nitrogens with zero attached hydrogens (tertiary/aromatic N) is 2. The highest BCUT2D eigenvalue weighted by atomic mass is 32.1. The number of thiazole rings is 1. The quantitative estimate of drug-likeness (QED) is 0.890. The van der Waals surface area contributed by atoms with Crippen LogP contribution in [0.5, 0.6) is 0 Å². The number of aryl methyl sites for hydroxylation is 2. The van der Waals surface area contributed by atoms with Crippen molar-refractivity contribution in [2.24, 2.45) is 5.92 Å². The van der Waals surface area contributed by atoms with E-state index in [-0.39, 0.29) is 11.9 Å². The molecule has 2 atom stereocenters. The summed E-state index contributed by atoms with van der Waals surface area (Å²) in [6.45, 7) is 7.79. The molecule has 1 aromatic heterocycles. The minimum atomic E-state index is -0.549. The summed E-state index contributed by atoms with van der Waals surface area (Å²) in [4.78, 5) is 17.3. The van der Waals surface area contributed by atoms with Crippen LogP contribution in [-0.4, -0.2) is 10.9 Å². The van der Waals surface area contributed by atoms with Gasteiger partial charge in [-0.2, -0.15) is 5.26 Å². The SMILES string of the molecule is CCCC(C#N)C(=O)NC(C)c1sc(C)nc1C. The molecule has 1 N–H and O–H groups in total. The molecular weight excluding hydrogens is 246 g/mol. The predicted molar refractivity (Wildman–Crippen MR) is 72.2 cm³/mol. The molecule has 98 valence electrons. The number of aromatic nitrogens is 1. The molecule has 5 heteroatoms. The molecule has 0 radical (unpaired) electrons. The molecule has 0 saturated carbocycles. The van der Waals surface area contributed by atoms with E-state index in [2.05, 4.69) is 16.4 Å². The first-order valence-electron chi connectivity index (χ1n) is 6.13. The Hall–Kier alpha value is -1.41. The van der Waals surface area contributed by atoms with Crippen LogP contribution in [-0.2, 0) is 4.79 Å². The molecular formula is C13H19N3OS. The Morgan fingerprint density at radius 2 is 2.22 bits per heavy atom. The van der Waals surface area contributed by atoms with Crippen LogP contribution in [0.25, 0.3) is 0 Å². The van der Waals surface area contributed by atoms with Gasteiger partial charge >= 0.3 is 0 Å². The van der Waals surface area contributed by atoms with Crippen LogP contribution in [0, 0.1) is 31.1 Å². The van der Waals surface area contributed by atoms with Gasteiger partial charge in [0.2, 0.25) is 5.91 Å². The van der Waals surface area contributed by atoms with Gasteiger partial charge in [0.05, 0.1) is 22.8 Å². The highest BCUT2D eigenvalue weighted by Gasteiger charge is 2.21. The topological polar surface area (TPSA) is 65.8 Å². The number of nitriles is 1. The molecule has 0 aliphatic rings. The summed E-state index contributed by atoms with van der Waals surface area (Å²) in [7, 11) is 0. The Morgan fingerprint density at radius 3 is 2.67 bits per heavy atom.